The molecule has 0 unspecified atom stereocenters. The number of imide groups is 1. The average molecular weight is 422 g/mol. The van der Waals surface area contributed by atoms with E-state index in [-0.39, 0.29) is 11.1 Å². The number of methoxy groups -OCH3 is 1. The summed E-state index contributed by atoms with van der Waals surface area (Å²) in [6.45, 7) is 3.97. The number of carbonyl (C=O) groups is 3. The molecular formula is C24H24NO6-. The minimum absolute atomic E-state index is 0.215. The van der Waals surface area contributed by atoms with Crippen LogP contribution < -0.4 is 14.6 Å². The van der Waals surface area contributed by atoms with Crippen molar-refractivity contribution < 1.29 is 29.0 Å². The Bertz CT molecular complexity index is 1040. The van der Waals surface area contributed by atoms with Crippen molar-refractivity contribution in [3.05, 3.63) is 59.2 Å². The molecule has 0 radical (unpaired) electrons. The number of aliphatic carboxylic acids is 1. The SMILES string of the molecule is COc1cc(/C=C2\C(=O)N(CC(=O)[O-])C(=O)c3ccccc32)ccc1OCCC(C)C. The van der Waals surface area contributed by atoms with Gasteiger partial charge in [-0.15, -0.1) is 0 Å². The molecule has 1 aliphatic rings. The second-order valence-electron chi connectivity index (χ2n) is 7.61. The fourth-order valence-electron chi connectivity index (χ4n) is 3.28. The fraction of sp³-hybridized carbons (Fsp3) is 0.292. The molecule has 0 bridgehead atoms. The summed E-state index contributed by atoms with van der Waals surface area (Å²) in [5.74, 6) is -1.24. The van der Waals surface area contributed by atoms with Crippen molar-refractivity contribution >= 4 is 29.4 Å². The van der Waals surface area contributed by atoms with E-state index in [0.29, 0.717) is 40.1 Å². The molecule has 1 aliphatic heterocycles. The summed E-state index contributed by atoms with van der Waals surface area (Å²) in [7, 11) is 1.53. The van der Waals surface area contributed by atoms with Crippen LogP contribution in [0.5, 0.6) is 11.5 Å². The van der Waals surface area contributed by atoms with Gasteiger partial charge in [-0.25, -0.2) is 0 Å². The first-order chi connectivity index (χ1) is 14.8. The molecule has 0 spiro atoms. The number of amides is 2. The Kier molecular flexibility index (Phi) is 6.74. The molecule has 0 N–H and O–H groups in total. The maximum atomic E-state index is 13.0. The van der Waals surface area contributed by atoms with Gasteiger partial charge in [0.25, 0.3) is 11.8 Å². The second kappa shape index (κ2) is 9.47. The molecule has 2 aromatic carbocycles. The van der Waals surface area contributed by atoms with E-state index in [9.17, 15) is 19.5 Å². The van der Waals surface area contributed by atoms with Gasteiger partial charge in [0, 0.05) is 11.1 Å². The first kappa shape index (κ1) is 22.1. The molecule has 7 nitrogen and oxygen atoms in total. The topological polar surface area (TPSA) is 96.0 Å². The molecule has 2 aromatic rings. The largest absolute Gasteiger partial charge is 0.548 e. The summed E-state index contributed by atoms with van der Waals surface area (Å²) >= 11 is 0. The lowest BCUT2D eigenvalue weighted by molar-refractivity contribution is -0.305. The van der Waals surface area contributed by atoms with Crippen molar-refractivity contribution in [2.75, 3.05) is 20.3 Å². The van der Waals surface area contributed by atoms with Gasteiger partial charge in [-0.1, -0.05) is 38.1 Å². The van der Waals surface area contributed by atoms with Crippen LogP contribution in [0.4, 0.5) is 0 Å². The zero-order valence-corrected chi connectivity index (χ0v) is 17.7. The van der Waals surface area contributed by atoms with Gasteiger partial charge in [0.15, 0.2) is 11.5 Å². The van der Waals surface area contributed by atoms with E-state index in [1.54, 1.807) is 48.5 Å². The van der Waals surface area contributed by atoms with E-state index < -0.39 is 24.3 Å². The number of rotatable bonds is 8. The number of carboxylic acids is 1. The predicted molar refractivity (Wildman–Crippen MR) is 113 cm³/mol. The van der Waals surface area contributed by atoms with E-state index in [1.807, 2.05) is 0 Å². The van der Waals surface area contributed by atoms with E-state index in [1.165, 1.54) is 7.11 Å². The third-order valence-corrected chi connectivity index (χ3v) is 4.91. The number of fused-ring (bicyclic) bond motifs is 1. The summed E-state index contributed by atoms with van der Waals surface area (Å²) in [6, 6.07) is 11.9. The Balaban J connectivity index is 1.99. The molecule has 0 saturated heterocycles. The van der Waals surface area contributed by atoms with Crippen molar-refractivity contribution in [3.8, 4) is 11.5 Å². The van der Waals surface area contributed by atoms with Crippen molar-refractivity contribution in [2.45, 2.75) is 20.3 Å². The summed E-state index contributed by atoms with van der Waals surface area (Å²) in [6.07, 6.45) is 2.51. The number of ether oxygens (including phenoxy) is 2. The van der Waals surface area contributed by atoms with Gasteiger partial charge >= 0.3 is 0 Å². The third kappa shape index (κ3) is 4.94. The van der Waals surface area contributed by atoms with Gasteiger partial charge in [0.1, 0.15) is 0 Å². The highest BCUT2D eigenvalue weighted by atomic mass is 16.5. The van der Waals surface area contributed by atoms with Crippen LogP contribution in [0, 0.1) is 5.92 Å². The number of hydrogen-bond acceptors (Lipinski definition) is 6. The van der Waals surface area contributed by atoms with Gasteiger partial charge in [-0.05, 0) is 47.7 Å². The molecule has 0 aliphatic carbocycles. The highest BCUT2D eigenvalue weighted by molar-refractivity contribution is 6.34. The first-order valence-electron chi connectivity index (χ1n) is 9.99. The van der Waals surface area contributed by atoms with Crippen LogP contribution in [0.3, 0.4) is 0 Å². The number of benzene rings is 2. The lowest BCUT2D eigenvalue weighted by Crippen LogP contribution is -2.47. The van der Waals surface area contributed by atoms with Crippen LogP contribution in [0.1, 0.15) is 41.8 Å². The quantitative estimate of drug-likeness (QED) is 0.479. The monoisotopic (exact) mass is 422 g/mol. The van der Waals surface area contributed by atoms with Crippen LogP contribution in [0.25, 0.3) is 11.6 Å². The Hall–Kier alpha value is -3.61. The number of carboxylic acid groups (broad SMARTS) is 1. The lowest BCUT2D eigenvalue weighted by atomic mass is 9.92. The standard InChI is InChI=1S/C24H25NO6/c1-15(2)10-11-31-20-9-8-16(13-21(20)30-3)12-19-17-6-4-5-7-18(17)23(28)25(24(19)29)14-22(26)27/h4-9,12-13,15H,10-11,14H2,1-3H3,(H,26,27)/p-1/b19-12-. The number of nitrogens with zero attached hydrogens (tertiary/aromatic N) is 1. The van der Waals surface area contributed by atoms with Crippen LogP contribution in [-0.4, -0.2) is 42.9 Å². The number of hydrogen-bond donors (Lipinski definition) is 0. The molecule has 162 valence electrons. The van der Waals surface area contributed by atoms with Gasteiger partial charge in [-0.2, -0.15) is 0 Å². The zero-order chi connectivity index (χ0) is 22.5. The van der Waals surface area contributed by atoms with Crippen molar-refractivity contribution in [3.63, 3.8) is 0 Å². The summed E-state index contributed by atoms with van der Waals surface area (Å²) < 4.78 is 11.2. The Morgan fingerprint density at radius 2 is 1.77 bits per heavy atom. The molecule has 0 aromatic heterocycles. The van der Waals surface area contributed by atoms with Crippen LogP contribution >= 0.6 is 0 Å². The minimum atomic E-state index is -1.51. The molecule has 0 fully saturated rings. The molecule has 31 heavy (non-hydrogen) atoms. The highest BCUT2D eigenvalue weighted by Gasteiger charge is 2.34. The number of carbonyl (C=O) groups excluding carboxylic acids is 3. The molecule has 2 amide bonds. The van der Waals surface area contributed by atoms with Gasteiger partial charge in [-0.3, -0.25) is 14.5 Å². The van der Waals surface area contributed by atoms with Gasteiger partial charge < -0.3 is 19.4 Å². The fourth-order valence-corrected chi connectivity index (χ4v) is 3.28. The lowest BCUT2D eigenvalue weighted by Gasteiger charge is -2.28. The molecule has 0 saturated carbocycles. The summed E-state index contributed by atoms with van der Waals surface area (Å²) in [5.41, 5.74) is 1.57. The molecule has 1 heterocycles. The van der Waals surface area contributed by atoms with Crippen molar-refractivity contribution in [1.82, 2.24) is 4.90 Å². The molecule has 7 heteroatoms. The zero-order valence-electron chi connectivity index (χ0n) is 17.7. The third-order valence-electron chi connectivity index (χ3n) is 4.91. The smallest absolute Gasteiger partial charge is 0.261 e. The maximum absolute atomic E-state index is 13.0. The van der Waals surface area contributed by atoms with E-state index in [2.05, 4.69) is 13.8 Å². The Morgan fingerprint density at radius 3 is 2.42 bits per heavy atom. The Morgan fingerprint density at radius 1 is 1.06 bits per heavy atom. The van der Waals surface area contributed by atoms with Crippen molar-refractivity contribution in [1.29, 1.82) is 0 Å². The van der Waals surface area contributed by atoms with Crippen LogP contribution in [-0.2, 0) is 9.59 Å². The highest BCUT2D eigenvalue weighted by Crippen LogP contribution is 2.33. The van der Waals surface area contributed by atoms with Gasteiger partial charge in [0.05, 0.1) is 26.2 Å². The van der Waals surface area contributed by atoms with Crippen LogP contribution in [0.15, 0.2) is 42.5 Å². The molecule has 0 atom stereocenters. The van der Waals surface area contributed by atoms with Crippen molar-refractivity contribution in [2.24, 2.45) is 5.92 Å². The maximum Gasteiger partial charge on any atom is 0.261 e. The molecular weight excluding hydrogens is 398 g/mol. The van der Waals surface area contributed by atoms with E-state index in [0.717, 1.165) is 6.42 Å². The minimum Gasteiger partial charge on any atom is -0.548 e. The second-order valence-corrected chi connectivity index (χ2v) is 7.61. The average Bonchev–Trinajstić information content (AvgIpc) is 2.74. The van der Waals surface area contributed by atoms with Gasteiger partial charge in [0.2, 0.25) is 0 Å². The summed E-state index contributed by atoms with van der Waals surface area (Å²) in [5, 5.41) is 11.1. The Labute approximate surface area is 180 Å². The summed E-state index contributed by atoms with van der Waals surface area (Å²) in [4.78, 5) is 37.3. The normalized spacial score (nSPS) is 14.7. The van der Waals surface area contributed by atoms with E-state index >= 15 is 0 Å². The molecule has 3 rings (SSSR count). The predicted octanol–water partition coefficient (Wildman–Crippen LogP) is 2.39. The van der Waals surface area contributed by atoms with Crippen LogP contribution in [0.2, 0.25) is 0 Å². The first-order valence-corrected chi connectivity index (χ1v) is 9.99. The van der Waals surface area contributed by atoms with E-state index in [4.69, 9.17) is 9.47 Å².